The Morgan fingerprint density at radius 2 is 1.09 bits per heavy atom. The quantitative estimate of drug-likeness (QED) is 0.458. The van der Waals surface area contributed by atoms with Gasteiger partial charge in [0.15, 0.2) is 12.6 Å². The SMILES string of the molecule is O=Cc1cc2ccccc2n1C[C@@H]1NC(=O)[C@H](Cn2c(C=O)cc3ccccc32)NC1=O. The summed E-state index contributed by atoms with van der Waals surface area (Å²) in [5.74, 6) is -0.679. The zero-order valence-electron chi connectivity index (χ0n) is 17.0. The number of benzene rings is 2. The van der Waals surface area contributed by atoms with Crippen LogP contribution < -0.4 is 10.6 Å². The van der Waals surface area contributed by atoms with Gasteiger partial charge in [-0.1, -0.05) is 36.4 Å². The molecule has 4 aromatic rings. The number of aromatic nitrogens is 2. The number of rotatable bonds is 6. The van der Waals surface area contributed by atoms with Gasteiger partial charge >= 0.3 is 0 Å². The van der Waals surface area contributed by atoms with Crippen LogP contribution in [0.15, 0.2) is 60.7 Å². The van der Waals surface area contributed by atoms with Crippen molar-refractivity contribution < 1.29 is 19.2 Å². The molecule has 1 saturated heterocycles. The fraction of sp³-hybridized carbons (Fsp3) is 0.167. The van der Waals surface area contributed by atoms with Gasteiger partial charge in [-0.2, -0.15) is 0 Å². The summed E-state index contributed by atoms with van der Waals surface area (Å²) in [7, 11) is 0. The van der Waals surface area contributed by atoms with E-state index in [2.05, 4.69) is 10.6 Å². The lowest BCUT2D eigenvalue weighted by Crippen LogP contribution is -2.63. The van der Waals surface area contributed by atoms with Crippen molar-refractivity contribution in [1.29, 1.82) is 0 Å². The molecule has 0 aliphatic carbocycles. The van der Waals surface area contributed by atoms with Gasteiger partial charge in [0, 0.05) is 21.8 Å². The Morgan fingerprint density at radius 1 is 0.688 bits per heavy atom. The van der Waals surface area contributed by atoms with E-state index in [-0.39, 0.29) is 24.9 Å². The van der Waals surface area contributed by atoms with Gasteiger partial charge in [-0.15, -0.1) is 0 Å². The predicted octanol–water partition coefficient (Wildman–Crippen LogP) is 1.90. The van der Waals surface area contributed by atoms with Crippen LogP contribution in [-0.4, -0.2) is 45.6 Å². The average molecular weight is 428 g/mol. The lowest BCUT2D eigenvalue weighted by atomic mass is 10.1. The number of piperazine rings is 1. The van der Waals surface area contributed by atoms with Gasteiger partial charge < -0.3 is 19.8 Å². The van der Waals surface area contributed by atoms with E-state index in [9.17, 15) is 19.2 Å². The second-order valence-electron chi connectivity index (χ2n) is 7.84. The van der Waals surface area contributed by atoms with Crippen molar-refractivity contribution in [2.45, 2.75) is 25.2 Å². The van der Waals surface area contributed by atoms with Crippen LogP contribution in [0.5, 0.6) is 0 Å². The van der Waals surface area contributed by atoms with Gasteiger partial charge in [0.25, 0.3) is 0 Å². The molecule has 0 spiro atoms. The third-order valence-electron chi connectivity index (χ3n) is 5.92. The van der Waals surface area contributed by atoms with Crippen LogP contribution in [0, 0.1) is 0 Å². The van der Waals surface area contributed by atoms with Crippen LogP contribution in [0.4, 0.5) is 0 Å². The molecule has 2 N–H and O–H groups in total. The summed E-state index contributed by atoms with van der Waals surface area (Å²) in [6.45, 7) is 0.274. The zero-order chi connectivity index (χ0) is 22.2. The number of para-hydroxylation sites is 2. The topological polar surface area (TPSA) is 102 Å². The van der Waals surface area contributed by atoms with E-state index in [0.29, 0.717) is 11.4 Å². The largest absolute Gasteiger partial charge is 0.341 e. The Morgan fingerprint density at radius 3 is 1.50 bits per heavy atom. The molecule has 2 atom stereocenters. The number of nitrogens with zero attached hydrogens (tertiary/aromatic N) is 2. The standard InChI is InChI=1S/C24H20N4O4/c29-13-17-9-15-5-1-3-7-21(15)27(17)11-19-23(31)26-20(24(32)25-19)12-28-18(14-30)10-16-6-2-4-8-22(16)28/h1-10,13-14,19-20H,11-12H2,(H,25,32)(H,26,31)/t19-,20-/m0/s1. The molecule has 0 unspecified atom stereocenters. The highest BCUT2D eigenvalue weighted by atomic mass is 16.2. The van der Waals surface area contributed by atoms with E-state index in [0.717, 1.165) is 34.4 Å². The summed E-state index contributed by atoms with van der Waals surface area (Å²) in [5, 5.41) is 7.33. The summed E-state index contributed by atoms with van der Waals surface area (Å²) in [6.07, 6.45) is 1.48. The third kappa shape index (κ3) is 3.26. The summed E-state index contributed by atoms with van der Waals surface area (Å²) >= 11 is 0. The van der Waals surface area contributed by atoms with Crippen LogP contribution in [-0.2, 0) is 22.7 Å². The van der Waals surface area contributed by atoms with E-state index >= 15 is 0 Å². The van der Waals surface area contributed by atoms with Crippen LogP contribution in [0.2, 0.25) is 0 Å². The van der Waals surface area contributed by atoms with Gasteiger partial charge in [-0.3, -0.25) is 19.2 Å². The van der Waals surface area contributed by atoms with E-state index in [4.69, 9.17) is 0 Å². The number of carbonyl (C=O) groups excluding carboxylic acids is 4. The third-order valence-corrected chi connectivity index (χ3v) is 5.92. The van der Waals surface area contributed by atoms with E-state index in [1.54, 1.807) is 21.3 Å². The summed E-state index contributed by atoms with van der Waals surface area (Å²) in [4.78, 5) is 48.8. The number of aldehydes is 2. The lowest BCUT2D eigenvalue weighted by Gasteiger charge is -2.30. The fourth-order valence-corrected chi connectivity index (χ4v) is 4.36. The van der Waals surface area contributed by atoms with E-state index in [1.807, 2.05) is 48.5 Å². The maximum absolute atomic E-state index is 12.9. The second-order valence-corrected chi connectivity index (χ2v) is 7.84. The van der Waals surface area contributed by atoms with Crippen molar-refractivity contribution in [2.24, 2.45) is 0 Å². The summed E-state index contributed by atoms with van der Waals surface area (Å²) in [6, 6.07) is 16.8. The number of hydrogen-bond donors (Lipinski definition) is 2. The molecule has 2 aromatic heterocycles. The van der Waals surface area contributed by atoms with Crippen molar-refractivity contribution in [3.05, 3.63) is 72.1 Å². The molecule has 1 aliphatic rings. The summed E-state index contributed by atoms with van der Waals surface area (Å²) < 4.78 is 3.47. The molecule has 1 aliphatic heterocycles. The van der Waals surface area contributed by atoms with Crippen molar-refractivity contribution in [3.63, 3.8) is 0 Å². The number of nitrogens with one attached hydrogen (secondary N) is 2. The first-order valence-electron chi connectivity index (χ1n) is 10.3. The van der Waals surface area contributed by atoms with Gasteiger partial charge in [-0.05, 0) is 24.3 Å². The molecule has 0 bridgehead atoms. The van der Waals surface area contributed by atoms with Crippen molar-refractivity contribution in [2.75, 3.05) is 0 Å². The summed E-state index contributed by atoms with van der Waals surface area (Å²) in [5.41, 5.74) is 2.50. The van der Waals surface area contributed by atoms with Crippen LogP contribution in [0.25, 0.3) is 21.8 Å². The first-order valence-corrected chi connectivity index (χ1v) is 10.3. The molecule has 32 heavy (non-hydrogen) atoms. The zero-order valence-corrected chi connectivity index (χ0v) is 17.0. The maximum Gasteiger partial charge on any atom is 0.245 e. The lowest BCUT2D eigenvalue weighted by molar-refractivity contribution is -0.137. The minimum absolute atomic E-state index is 0.137. The Labute approximate surface area is 182 Å². The highest BCUT2D eigenvalue weighted by Crippen LogP contribution is 2.21. The second kappa shape index (κ2) is 7.81. The predicted molar refractivity (Wildman–Crippen MR) is 119 cm³/mol. The van der Waals surface area contributed by atoms with Crippen molar-refractivity contribution in [3.8, 4) is 0 Å². The average Bonchev–Trinajstić information content (AvgIpc) is 3.35. The highest BCUT2D eigenvalue weighted by Gasteiger charge is 2.35. The van der Waals surface area contributed by atoms with Crippen LogP contribution >= 0.6 is 0 Å². The number of carbonyl (C=O) groups is 4. The Hall–Kier alpha value is -4.20. The minimum atomic E-state index is -0.819. The van der Waals surface area contributed by atoms with Crippen LogP contribution in [0.1, 0.15) is 21.0 Å². The molecule has 0 saturated carbocycles. The highest BCUT2D eigenvalue weighted by molar-refractivity contribution is 5.98. The van der Waals surface area contributed by atoms with E-state index in [1.165, 1.54) is 0 Å². The first-order chi connectivity index (χ1) is 15.6. The molecule has 8 heteroatoms. The monoisotopic (exact) mass is 428 g/mol. The first kappa shape index (κ1) is 19.7. The number of fused-ring (bicyclic) bond motifs is 2. The normalized spacial score (nSPS) is 18.5. The van der Waals surface area contributed by atoms with Gasteiger partial charge in [-0.25, -0.2) is 0 Å². The molecule has 8 nitrogen and oxygen atoms in total. The number of hydrogen-bond acceptors (Lipinski definition) is 4. The minimum Gasteiger partial charge on any atom is -0.341 e. The molecule has 2 amide bonds. The smallest absolute Gasteiger partial charge is 0.245 e. The van der Waals surface area contributed by atoms with E-state index < -0.39 is 12.1 Å². The van der Waals surface area contributed by atoms with Crippen molar-refractivity contribution >= 4 is 46.2 Å². The van der Waals surface area contributed by atoms with Gasteiger partial charge in [0.2, 0.25) is 11.8 Å². The Kier molecular flexibility index (Phi) is 4.82. The Balaban J connectivity index is 1.38. The van der Waals surface area contributed by atoms with Crippen LogP contribution in [0.3, 0.4) is 0 Å². The molecule has 2 aromatic carbocycles. The van der Waals surface area contributed by atoms with Crippen molar-refractivity contribution in [1.82, 2.24) is 19.8 Å². The Bertz CT molecular complexity index is 1280. The fourth-order valence-electron chi connectivity index (χ4n) is 4.36. The molecule has 160 valence electrons. The molecule has 5 rings (SSSR count). The molecule has 0 radical (unpaired) electrons. The molecular weight excluding hydrogens is 408 g/mol. The number of amides is 2. The molecule has 3 heterocycles. The molecular formula is C24H20N4O4. The maximum atomic E-state index is 12.9. The van der Waals surface area contributed by atoms with Gasteiger partial charge in [0.05, 0.1) is 24.5 Å². The molecule has 1 fully saturated rings. The van der Waals surface area contributed by atoms with Gasteiger partial charge in [0.1, 0.15) is 12.1 Å².